The highest BCUT2D eigenvalue weighted by Gasteiger charge is 2.07. The number of ether oxygens (including phenoxy) is 2. The van der Waals surface area contributed by atoms with Crippen LogP contribution in [0.1, 0.15) is 10.4 Å². The van der Waals surface area contributed by atoms with E-state index in [0.29, 0.717) is 36.0 Å². The summed E-state index contributed by atoms with van der Waals surface area (Å²) in [5.41, 5.74) is 11.9. The third-order valence-corrected chi connectivity index (χ3v) is 2.62. The molecule has 0 saturated heterocycles. The largest absolute Gasteiger partial charge is 0.490 e. The Hall–Kier alpha value is -2.69. The maximum atomic E-state index is 11.2. The number of anilines is 1. The molecule has 0 atom stereocenters. The van der Waals surface area contributed by atoms with Crippen LogP contribution in [0.4, 0.5) is 5.69 Å². The summed E-state index contributed by atoms with van der Waals surface area (Å²) >= 11 is 0. The van der Waals surface area contributed by atoms with Gasteiger partial charge in [0.05, 0.1) is 5.56 Å². The lowest BCUT2D eigenvalue weighted by molar-refractivity contribution is 0.0995. The van der Waals surface area contributed by atoms with Crippen LogP contribution in [-0.2, 0) is 0 Å². The molecule has 5 heteroatoms. The predicted molar refractivity (Wildman–Crippen MR) is 76.8 cm³/mol. The molecular weight excluding hydrogens is 256 g/mol. The second kappa shape index (κ2) is 6.47. The maximum Gasteiger partial charge on any atom is 0.252 e. The number of carbonyl (C=O) groups excluding carboxylic acids is 1. The zero-order valence-corrected chi connectivity index (χ0v) is 10.9. The summed E-state index contributed by atoms with van der Waals surface area (Å²) in [5.74, 6) is 0.616. The third-order valence-electron chi connectivity index (χ3n) is 2.62. The smallest absolute Gasteiger partial charge is 0.252 e. The summed E-state index contributed by atoms with van der Waals surface area (Å²) in [4.78, 5) is 11.2. The molecule has 1 amide bonds. The third kappa shape index (κ3) is 3.65. The topological polar surface area (TPSA) is 87.6 Å². The van der Waals surface area contributed by atoms with E-state index in [-0.39, 0.29) is 0 Å². The molecule has 4 N–H and O–H groups in total. The van der Waals surface area contributed by atoms with Crippen molar-refractivity contribution in [3.8, 4) is 11.5 Å². The van der Waals surface area contributed by atoms with Crippen molar-refractivity contribution >= 4 is 11.6 Å². The fraction of sp³-hybridized carbons (Fsp3) is 0.133. The van der Waals surface area contributed by atoms with Gasteiger partial charge in [-0.15, -0.1) is 0 Å². The highest BCUT2D eigenvalue weighted by atomic mass is 16.5. The number of primary amides is 1. The quantitative estimate of drug-likeness (QED) is 0.620. The minimum absolute atomic E-state index is 0.305. The van der Waals surface area contributed by atoms with Crippen molar-refractivity contribution in [2.45, 2.75) is 0 Å². The molecule has 0 aliphatic carbocycles. The zero-order valence-electron chi connectivity index (χ0n) is 10.9. The number of nitrogen functional groups attached to an aromatic ring is 1. The van der Waals surface area contributed by atoms with E-state index in [0.717, 1.165) is 0 Å². The van der Waals surface area contributed by atoms with Crippen LogP contribution in [0, 0.1) is 0 Å². The van der Waals surface area contributed by atoms with Gasteiger partial charge in [-0.05, 0) is 24.3 Å². The molecule has 0 unspecified atom stereocenters. The molecule has 5 nitrogen and oxygen atoms in total. The van der Waals surface area contributed by atoms with Gasteiger partial charge < -0.3 is 20.9 Å². The molecule has 0 aliphatic rings. The Morgan fingerprint density at radius 3 is 2.50 bits per heavy atom. The van der Waals surface area contributed by atoms with Crippen LogP contribution < -0.4 is 20.9 Å². The summed E-state index contributed by atoms with van der Waals surface area (Å²) < 4.78 is 11.0. The number of carbonyl (C=O) groups is 1. The van der Waals surface area contributed by atoms with E-state index in [1.807, 2.05) is 12.1 Å². The van der Waals surface area contributed by atoms with E-state index in [1.54, 1.807) is 36.4 Å². The molecule has 0 fully saturated rings. The number of hydrogen-bond acceptors (Lipinski definition) is 4. The molecule has 0 heterocycles. The van der Waals surface area contributed by atoms with Gasteiger partial charge in [0.1, 0.15) is 24.7 Å². The number of nitrogens with two attached hydrogens (primary N) is 2. The average Bonchev–Trinajstić information content (AvgIpc) is 2.44. The monoisotopic (exact) mass is 272 g/mol. The van der Waals surface area contributed by atoms with Crippen LogP contribution >= 0.6 is 0 Å². The molecule has 20 heavy (non-hydrogen) atoms. The molecule has 104 valence electrons. The Morgan fingerprint density at radius 1 is 1.00 bits per heavy atom. The summed E-state index contributed by atoms with van der Waals surface area (Å²) in [7, 11) is 0. The van der Waals surface area contributed by atoms with Crippen molar-refractivity contribution in [3.63, 3.8) is 0 Å². The van der Waals surface area contributed by atoms with Gasteiger partial charge in [-0.2, -0.15) is 0 Å². The molecule has 2 rings (SSSR count). The van der Waals surface area contributed by atoms with E-state index in [9.17, 15) is 4.79 Å². The summed E-state index contributed by atoms with van der Waals surface area (Å²) in [6, 6.07) is 14.0. The van der Waals surface area contributed by atoms with Crippen LogP contribution in [-0.4, -0.2) is 19.1 Å². The molecular formula is C15H16N2O3. The molecule has 2 aromatic carbocycles. The molecule has 0 spiro atoms. The van der Waals surface area contributed by atoms with Gasteiger partial charge in [-0.1, -0.05) is 18.2 Å². The highest BCUT2D eigenvalue weighted by molar-refractivity contribution is 5.95. The van der Waals surface area contributed by atoms with Crippen molar-refractivity contribution in [1.29, 1.82) is 0 Å². The van der Waals surface area contributed by atoms with Gasteiger partial charge in [-0.3, -0.25) is 4.79 Å². The Morgan fingerprint density at radius 2 is 1.75 bits per heavy atom. The molecule has 0 aromatic heterocycles. The number of hydrogen-bond donors (Lipinski definition) is 2. The van der Waals surface area contributed by atoms with Crippen LogP contribution in [0.3, 0.4) is 0 Å². The average molecular weight is 272 g/mol. The van der Waals surface area contributed by atoms with Crippen LogP contribution in [0.2, 0.25) is 0 Å². The lowest BCUT2D eigenvalue weighted by atomic mass is 10.2. The molecule has 2 aromatic rings. The van der Waals surface area contributed by atoms with Gasteiger partial charge in [0.15, 0.2) is 0 Å². The normalized spacial score (nSPS) is 10.0. The standard InChI is InChI=1S/C15H16N2O3/c16-11-4-3-5-12(10-11)19-8-9-20-14-7-2-1-6-13(14)15(17)18/h1-7,10H,8-9,16H2,(H2,17,18). The molecule has 0 saturated carbocycles. The number of para-hydroxylation sites is 1. The van der Waals surface area contributed by atoms with E-state index in [2.05, 4.69) is 0 Å². The fourth-order valence-corrected chi connectivity index (χ4v) is 1.71. The van der Waals surface area contributed by atoms with Crippen molar-refractivity contribution < 1.29 is 14.3 Å². The first-order valence-corrected chi connectivity index (χ1v) is 6.17. The molecule has 0 bridgehead atoms. The lowest BCUT2D eigenvalue weighted by Crippen LogP contribution is -2.15. The maximum absolute atomic E-state index is 11.2. The lowest BCUT2D eigenvalue weighted by Gasteiger charge is -2.10. The predicted octanol–water partition coefficient (Wildman–Crippen LogP) is 1.83. The number of rotatable bonds is 6. The van der Waals surface area contributed by atoms with E-state index in [1.165, 1.54) is 0 Å². The Labute approximate surface area is 117 Å². The van der Waals surface area contributed by atoms with Gasteiger partial charge in [0, 0.05) is 11.8 Å². The van der Waals surface area contributed by atoms with Gasteiger partial charge >= 0.3 is 0 Å². The zero-order chi connectivity index (χ0) is 14.4. The van der Waals surface area contributed by atoms with Crippen molar-refractivity contribution in [2.75, 3.05) is 18.9 Å². The van der Waals surface area contributed by atoms with Gasteiger partial charge in [0.25, 0.3) is 5.91 Å². The SMILES string of the molecule is NC(=O)c1ccccc1OCCOc1cccc(N)c1. The van der Waals surface area contributed by atoms with Crippen molar-refractivity contribution in [3.05, 3.63) is 54.1 Å². The first kappa shape index (κ1) is 13.7. The minimum Gasteiger partial charge on any atom is -0.490 e. The van der Waals surface area contributed by atoms with Gasteiger partial charge in [-0.25, -0.2) is 0 Å². The minimum atomic E-state index is -0.516. The Kier molecular flexibility index (Phi) is 4.44. The summed E-state index contributed by atoms with van der Waals surface area (Å²) in [6.07, 6.45) is 0. The van der Waals surface area contributed by atoms with Crippen LogP contribution in [0.25, 0.3) is 0 Å². The highest BCUT2D eigenvalue weighted by Crippen LogP contribution is 2.17. The summed E-state index contributed by atoms with van der Waals surface area (Å²) in [5, 5.41) is 0. The summed E-state index contributed by atoms with van der Waals surface area (Å²) in [6.45, 7) is 0.648. The first-order chi connectivity index (χ1) is 9.66. The molecule has 0 aliphatic heterocycles. The Bertz CT molecular complexity index is 599. The second-order valence-corrected chi connectivity index (χ2v) is 4.13. The van der Waals surface area contributed by atoms with Crippen molar-refractivity contribution in [2.24, 2.45) is 5.73 Å². The molecule has 0 radical (unpaired) electrons. The van der Waals surface area contributed by atoms with Crippen LogP contribution in [0.5, 0.6) is 11.5 Å². The number of benzene rings is 2. The van der Waals surface area contributed by atoms with E-state index >= 15 is 0 Å². The van der Waals surface area contributed by atoms with Gasteiger partial charge in [0.2, 0.25) is 0 Å². The Balaban J connectivity index is 1.86. The fourth-order valence-electron chi connectivity index (χ4n) is 1.71. The second-order valence-electron chi connectivity index (χ2n) is 4.13. The van der Waals surface area contributed by atoms with E-state index in [4.69, 9.17) is 20.9 Å². The first-order valence-electron chi connectivity index (χ1n) is 6.17. The van der Waals surface area contributed by atoms with Crippen molar-refractivity contribution in [1.82, 2.24) is 0 Å². The van der Waals surface area contributed by atoms with E-state index < -0.39 is 5.91 Å². The van der Waals surface area contributed by atoms with Crippen LogP contribution in [0.15, 0.2) is 48.5 Å². The number of amides is 1.